The highest BCUT2D eigenvalue weighted by atomic mass is 16.1. The van der Waals surface area contributed by atoms with Crippen LogP contribution in [0.15, 0.2) is 53.5 Å². The van der Waals surface area contributed by atoms with E-state index in [-0.39, 0.29) is 5.91 Å². The maximum atomic E-state index is 12.0. The predicted molar refractivity (Wildman–Crippen MR) is 101 cm³/mol. The number of aromatic nitrogens is 1. The van der Waals surface area contributed by atoms with E-state index in [1.807, 2.05) is 68.4 Å². The van der Waals surface area contributed by atoms with Crippen LogP contribution in [-0.2, 0) is 11.3 Å². The first kappa shape index (κ1) is 18.4. The third kappa shape index (κ3) is 6.63. The number of carbonyl (C=O) groups excluding carboxylic acids is 1. The van der Waals surface area contributed by atoms with Gasteiger partial charge in [0.25, 0.3) is 0 Å². The quantitative estimate of drug-likeness (QED) is 0.626. The highest BCUT2D eigenvalue weighted by Gasteiger charge is 2.06. The second-order valence-corrected chi connectivity index (χ2v) is 5.91. The van der Waals surface area contributed by atoms with Gasteiger partial charge in [-0.1, -0.05) is 36.4 Å². The average molecular weight is 339 g/mol. The van der Waals surface area contributed by atoms with Gasteiger partial charge in [-0.25, -0.2) is 9.98 Å². The average Bonchev–Trinajstić information content (AvgIpc) is 2.58. The number of aliphatic imine (C=N–C) groups is 1. The Morgan fingerprint density at radius 3 is 2.56 bits per heavy atom. The van der Waals surface area contributed by atoms with E-state index in [2.05, 4.69) is 20.6 Å². The van der Waals surface area contributed by atoms with Crippen LogP contribution in [0, 0.1) is 6.92 Å². The molecule has 0 bridgehead atoms. The van der Waals surface area contributed by atoms with E-state index in [0.717, 1.165) is 17.2 Å². The summed E-state index contributed by atoms with van der Waals surface area (Å²) in [5, 5.41) is 6.01. The van der Waals surface area contributed by atoms with E-state index < -0.39 is 0 Å². The van der Waals surface area contributed by atoms with E-state index in [1.54, 1.807) is 6.07 Å². The van der Waals surface area contributed by atoms with Crippen LogP contribution in [0.25, 0.3) is 0 Å². The number of hydrogen-bond donors (Lipinski definition) is 2. The lowest BCUT2D eigenvalue weighted by Gasteiger charge is -2.17. The van der Waals surface area contributed by atoms with Gasteiger partial charge < -0.3 is 15.5 Å². The Kier molecular flexibility index (Phi) is 6.95. The molecule has 25 heavy (non-hydrogen) atoms. The van der Waals surface area contributed by atoms with Crippen LogP contribution in [0.1, 0.15) is 17.7 Å². The first-order valence-corrected chi connectivity index (χ1v) is 8.27. The number of nitrogens with zero attached hydrogens (tertiary/aromatic N) is 3. The van der Waals surface area contributed by atoms with Crippen molar-refractivity contribution in [3.05, 3.63) is 59.8 Å². The van der Waals surface area contributed by atoms with Crippen molar-refractivity contribution in [2.75, 3.05) is 26.0 Å². The van der Waals surface area contributed by atoms with Gasteiger partial charge in [0.15, 0.2) is 5.96 Å². The molecule has 0 aliphatic rings. The van der Waals surface area contributed by atoms with Gasteiger partial charge in [0, 0.05) is 32.8 Å². The number of benzene rings is 1. The van der Waals surface area contributed by atoms with Gasteiger partial charge in [0.1, 0.15) is 5.82 Å². The summed E-state index contributed by atoms with van der Waals surface area (Å²) >= 11 is 0. The molecule has 0 aliphatic carbocycles. The topological polar surface area (TPSA) is 69.6 Å². The number of aryl methyl sites for hydroxylation is 1. The molecule has 0 aliphatic heterocycles. The number of nitrogens with one attached hydrogen (secondary N) is 2. The fourth-order valence-electron chi connectivity index (χ4n) is 2.21. The highest BCUT2D eigenvalue weighted by molar-refractivity contribution is 5.90. The zero-order valence-electron chi connectivity index (χ0n) is 15.0. The van der Waals surface area contributed by atoms with Gasteiger partial charge in [-0.15, -0.1) is 0 Å². The molecular weight excluding hydrogens is 314 g/mol. The molecule has 2 aromatic rings. The van der Waals surface area contributed by atoms with Crippen molar-refractivity contribution in [3.63, 3.8) is 0 Å². The smallest absolute Gasteiger partial charge is 0.227 e. The summed E-state index contributed by atoms with van der Waals surface area (Å²) < 4.78 is 0. The van der Waals surface area contributed by atoms with Crippen molar-refractivity contribution in [1.82, 2.24) is 15.2 Å². The SMILES string of the molecule is Cc1cccc(NC(=O)CCNC(=NCc2ccccc2)N(C)C)n1. The monoisotopic (exact) mass is 339 g/mol. The molecule has 6 nitrogen and oxygen atoms in total. The minimum atomic E-state index is -0.0771. The third-order valence-corrected chi connectivity index (χ3v) is 3.47. The summed E-state index contributed by atoms with van der Waals surface area (Å²) in [7, 11) is 3.85. The second-order valence-electron chi connectivity index (χ2n) is 5.91. The molecule has 0 unspecified atom stereocenters. The van der Waals surface area contributed by atoms with Crippen molar-refractivity contribution in [2.45, 2.75) is 19.9 Å². The zero-order chi connectivity index (χ0) is 18.1. The summed E-state index contributed by atoms with van der Waals surface area (Å²) in [6.07, 6.45) is 0.341. The number of anilines is 1. The normalized spacial score (nSPS) is 11.1. The number of amides is 1. The Morgan fingerprint density at radius 1 is 1.12 bits per heavy atom. The van der Waals surface area contributed by atoms with Crippen molar-refractivity contribution < 1.29 is 4.79 Å². The van der Waals surface area contributed by atoms with E-state index in [0.29, 0.717) is 25.3 Å². The van der Waals surface area contributed by atoms with Crippen LogP contribution in [0.4, 0.5) is 5.82 Å². The van der Waals surface area contributed by atoms with E-state index in [4.69, 9.17) is 0 Å². The molecule has 0 fully saturated rings. The first-order chi connectivity index (χ1) is 12.0. The fourth-order valence-corrected chi connectivity index (χ4v) is 2.21. The van der Waals surface area contributed by atoms with Crippen LogP contribution in [0.3, 0.4) is 0 Å². The Balaban J connectivity index is 1.81. The summed E-state index contributed by atoms with van der Waals surface area (Å²) in [6.45, 7) is 2.99. The molecule has 132 valence electrons. The Morgan fingerprint density at radius 2 is 1.88 bits per heavy atom. The maximum absolute atomic E-state index is 12.0. The lowest BCUT2D eigenvalue weighted by Crippen LogP contribution is -2.38. The number of pyridine rings is 1. The molecule has 0 radical (unpaired) electrons. The van der Waals surface area contributed by atoms with Crippen molar-refractivity contribution >= 4 is 17.7 Å². The number of carbonyl (C=O) groups is 1. The molecule has 1 amide bonds. The molecular formula is C19H25N5O. The molecule has 0 atom stereocenters. The summed E-state index contributed by atoms with van der Waals surface area (Å²) in [4.78, 5) is 22.8. The van der Waals surface area contributed by atoms with Crippen LogP contribution < -0.4 is 10.6 Å². The molecule has 6 heteroatoms. The third-order valence-electron chi connectivity index (χ3n) is 3.47. The summed E-state index contributed by atoms with van der Waals surface area (Å²) in [5.74, 6) is 1.26. The number of guanidine groups is 1. The Labute approximate surface area is 149 Å². The predicted octanol–water partition coefficient (Wildman–Crippen LogP) is 2.43. The summed E-state index contributed by atoms with van der Waals surface area (Å²) in [6, 6.07) is 15.6. The fraction of sp³-hybridized carbons (Fsp3) is 0.316. The molecule has 2 N–H and O–H groups in total. The molecule has 0 saturated carbocycles. The van der Waals surface area contributed by atoms with Gasteiger partial charge in [-0.2, -0.15) is 0 Å². The van der Waals surface area contributed by atoms with Crippen molar-refractivity contribution in [1.29, 1.82) is 0 Å². The number of hydrogen-bond acceptors (Lipinski definition) is 3. The standard InChI is InChI=1S/C19H25N5O/c1-15-8-7-11-17(22-15)23-18(25)12-13-20-19(24(2)3)21-14-16-9-5-4-6-10-16/h4-11H,12-14H2,1-3H3,(H,20,21)(H,22,23,25). The second kappa shape index (κ2) is 9.42. The minimum Gasteiger partial charge on any atom is -0.356 e. The molecule has 0 spiro atoms. The minimum absolute atomic E-state index is 0.0771. The van der Waals surface area contributed by atoms with Gasteiger partial charge in [0.2, 0.25) is 5.91 Å². The molecule has 1 aromatic carbocycles. The molecule has 1 heterocycles. The van der Waals surface area contributed by atoms with E-state index >= 15 is 0 Å². The van der Waals surface area contributed by atoms with Gasteiger partial charge in [-0.05, 0) is 24.6 Å². The largest absolute Gasteiger partial charge is 0.356 e. The van der Waals surface area contributed by atoms with Gasteiger partial charge in [-0.3, -0.25) is 4.79 Å². The Hall–Kier alpha value is -2.89. The lowest BCUT2D eigenvalue weighted by molar-refractivity contribution is -0.116. The maximum Gasteiger partial charge on any atom is 0.227 e. The van der Waals surface area contributed by atoms with Crippen LogP contribution in [-0.4, -0.2) is 42.4 Å². The van der Waals surface area contributed by atoms with Crippen LogP contribution in [0.2, 0.25) is 0 Å². The lowest BCUT2D eigenvalue weighted by atomic mass is 10.2. The highest BCUT2D eigenvalue weighted by Crippen LogP contribution is 2.04. The van der Waals surface area contributed by atoms with Crippen molar-refractivity contribution in [2.24, 2.45) is 4.99 Å². The van der Waals surface area contributed by atoms with E-state index in [1.165, 1.54) is 0 Å². The molecule has 1 aromatic heterocycles. The summed E-state index contributed by atoms with van der Waals surface area (Å²) in [5.41, 5.74) is 2.02. The van der Waals surface area contributed by atoms with E-state index in [9.17, 15) is 4.79 Å². The molecule has 0 saturated heterocycles. The van der Waals surface area contributed by atoms with Crippen molar-refractivity contribution in [3.8, 4) is 0 Å². The number of rotatable bonds is 6. The Bertz CT molecular complexity index is 713. The molecule has 2 rings (SSSR count). The van der Waals surface area contributed by atoms with Crippen LogP contribution in [0.5, 0.6) is 0 Å². The first-order valence-electron chi connectivity index (χ1n) is 8.27. The van der Waals surface area contributed by atoms with Crippen LogP contribution >= 0.6 is 0 Å². The van der Waals surface area contributed by atoms with Gasteiger partial charge >= 0.3 is 0 Å². The van der Waals surface area contributed by atoms with Gasteiger partial charge in [0.05, 0.1) is 6.54 Å². The zero-order valence-corrected chi connectivity index (χ0v) is 15.0.